The Morgan fingerprint density at radius 3 is 3.09 bits per heavy atom. The average Bonchev–Trinajstić information content (AvgIpc) is 3.11. The van der Waals surface area contributed by atoms with E-state index in [1.807, 2.05) is 0 Å². The standard InChI is InChI=1S/C19H24N2O/c1-2-12-10-21-8-7-19-15-5-3-4-6-16(15)20-18(19)14(11-22)13(12)9-17(19)21/h2-6,13-14,17-18,20,22H,7-11H2,1H3/b12-2-/t13-,14-,17-,18-,19+/m0/s1. The van der Waals surface area contributed by atoms with Crippen molar-refractivity contribution in [2.75, 3.05) is 25.0 Å². The first-order chi connectivity index (χ1) is 10.8. The molecule has 2 saturated heterocycles. The molecule has 3 fully saturated rings. The number of nitrogens with one attached hydrogen (secondary N) is 1. The molecule has 5 rings (SSSR count). The van der Waals surface area contributed by atoms with Crippen LogP contribution in [0.25, 0.3) is 0 Å². The molecule has 4 aliphatic rings. The van der Waals surface area contributed by atoms with Crippen molar-refractivity contribution >= 4 is 5.69 Å². The summed E-state index contributed by atoms with van der Waals surface area (Å²) in [7, 11) is 0. The van der Waals surface area contributed by atoms with E-state index in [0.29, 0.717) is 30.5 Å². The van der Waals surface area contributed by atoms with Crippen molar-refractivity contribution < 1.29 is 5.11 Å². The lowest BCUT2D eigenvalue weighted by Crippen LogP contribution is -2.62. The lowest BCUT2D eigenvalue weighted by molar-refractivity contribution is 0.0298. The third-order valence-corrected chi connectivity index (χ3v) is 7.01. The normalized spacial score (nSPS) is 43.8. The number of benzene rings is 1. The Kier molecular flexibility index (Phi) is 2.61. The quantitative estimate of drug-likeness (QED) is 0.781. The fourth-order valence-corrected chi connectivity index (χ4v) is 6.13. The van der Waals surface area contributed by atoms with E-state index < -0.39 is 0 Å². The van der Waals surface area contributed by atoms with Gasteiger partial charge in [-0.15, -0.1) is 0 Å². The summed E-state index contributed by atoms with van der Waals surface area (Å²) in [6.07, 6.45) is 4.75. The number of anilines is 1. The maximum Gasteiger partial charge on any atom is 0.0484 e. The van der Waals surface area contributed by atoms with E-state index in [-0.39, 0.29) is 5.41 Å². The Hall–Kier alpha value is -1.32. The second-order valence-electron chi connectivity index (χ2n) is 7.50. The van der Waals surface area contributed by atoms with Crippen LogP contribution in [0.5, 0.6) is 0 Å². The molecule has 0 radical (unpaired) electrons. The molecule has 1 saturated carbocycles. The average molecular weight is 296 g/mol. The van der Waals surface area contributed by atoms with E-state index in [1.165, 1.54) is 30.6 Å². The highest BCUT2D eigenvalue weighted by molar-refractivity contribution is 5.65. The molecular weight excluding hydrogens is 272 g/mol. The van der Waals surface area contributed by atoms with Gasteiger partial charge in [0.2, 0.25) is 0 Å². The molecule has 1 spiro atoms. The summed E-state index contributed by atoms with van der Waals surface area (Å²) in [5, 5.41) is 14.0. The SMILES string of the molecule is C/C=C1/CN2CC[C@]34c5ccccc5N[C@H]3[C@@H](CO)[C@H]1C[C@H]24. The summed E-state index contributed by atoms with van der Waals surface area (Å²) in [6, 6.07) is 9.89. The van der Waals surface area contributed by atoms with E-state index >= 15 is 0 Å². The van der Waals surface area contributed by atoms with Crippen LogP contribution in [0.15, 0.2) is 35.9 Å². The van der Waals surface area contributed by atoms with Crippen LogP contribution in [0.1, 0.15) is 25.3 Å². The molecule has 2 N–H and O–H groups in total. The molecule has 1 aromatic rings. The van der Waals surface area contributed by atoms with Gasteiger partial charge in [-0.25, -0.2) is 0 Å². The Morgan fingerprint density at radius 2 is 2.27 bits per heavy atom. The number of allylic oxidation sites excluding steroid dienone is 1. The van der Waals surface area contributed by atoms with Gasteiger partial charge >= 0.3 is 0 Å². The van der Waals surface area contributed by atoms with Crippen LogP contribution in [0.3, 0.4) is 0 Å². The topological polar surface area (TPSA) is 35.5 Å². The van der Waals surface area contributed by atoms with Crippen LogP contribution in [-0.4, -0.2) is 41.8 Å². The molecule has 3 nitrogen and oxygen atoms in total. The van der Waals surface area contributed by atoms with Gasteiger partial charge in [0.15, 0.2) is 0 Å². The number of fused-ring (bicyclic) bond motifs is 2. The summed E-state index contributed by atoms with van der Waals surface area (Å²) in [6.45, 7) is 4.76. The molecule has 1 aromatic carbocycles. The zero-order valence-electron chi connectivity index (χ0n) is 13.1. The molecule has 5 atom stereocenters. The Bertz CT molecular complexity index is 655. The van der Waals surface area contributed by atoms with E-state index in [1.54, 1.807) is 5.57 Å². The predicted octanol–water partition coefficient (Wildman–Crippen LogP) is 2.38. The molecule has 0 aromatic heterocycles. The molecule has 3 heterocycles. The highest BCUT2D eigenvalue weighted by atomic mass is 16.3. The molecule has 3 heteroatoms. The molecule has 22 heavy (non-hydrogen) atoms. The predicted molar refractivity (Wildman–Crippen MR) is 87.9 cm³/mol. The number of hydrogen-bond acceptors (Lipinski definition) is 3. The lowest BCUT2D eigenvalue weighted by Gasteiger charge is -2.54. The Labute approximate surface area is 132 Å². The van der Waals surface area contributed by atoms with Crippen LogP contribution in [-0.2, 0) is 5.41 Å². The summed E-state index contributed by atoms with van der Waals surface area (Å²) in [5.74, 6) is 0.893. The number of rotatable bonds is 1. The van der Waals surface area contributed by atoms with E-state index in [0.717, 1.165) is 6.54 Å². The third-order valence-electron chi connectivity index (χ3n) is 7.01. The summed E-state index contributed by atoms with van der Waals surface area (Å²) in [4.78, 5) is 2.70. The van der Waals surface area contributed by atoms with Crippen molar-refractivity contribution in [1.82, 2.24) is 4.90 Å². The number of para-hydroxylation sites is 1. The third kappa shape index (κ3) is 1.35. The van der Waals surface area contributed by atoms with Crippen molar-refractivity contribution in [3.63, 3.8) is 0 Å². The second kappa shape index (κ2) is 4.36. The van der Waals surface area contributed by atoms with Crippen molar-refractivity contribution in [2.24, 2.45) is 11.8 Å². The number of aliphatic hydroxyl groups excluding tert-OH is 1. The van der Waals surface area contributed by atoms with Crippen LogP contribution in [0.4, 0.5) is 5.69 Å². The highest BCUT2D eigenvalue weighted by Gasteiger charge is 2.64. The summed E-state index contributed by atoms with van der Waals surface area (Å²) < 4.78 is 0. The summed E-state index contributed by atoms with van der Waals surface area (Å²) in [5.41, 5.74) is 4.58. The van der Waals surface area contributed by atoms with Gasteiger partial charge in [0.25, 0.3) is 0 Å². The monoisotopic (exact) mass is 296 g/mol. The first-order valence-electron chi connectivity index (χ1n) is 8.65. The fraction of sp³-hybridized carbons (Fsp3) is 0.579. The number of hydrogen-bond donors (Lipinski definition) is 2. The fourth-order valence-electron chi connectivity index (χ4n) is 6.13. The first-order valence-corrected chi connectivity index (χ1v) is 8.65. The first kappa shape index (κ1) is 13.1. The van der Waals surface area contributed by atoms with Crippen LogP contribution in [0, 0.1) is 11.8 Å². The van der Waals surface area contributed by atoms with E-state index in [9.17, 15) is 5.11 Å². The number of nitrogens with zero attached hydrogens (tertiary/aromatic N) is 1. The van der Waals surface area contributed by atoms with Crippen molar-refractivity contribution in [3.8, 4) is 0 Å². The van der Waals surface area contributed by atoms with Crippen LogP contribution in [0.2, 0.25) is 0 Å². The van der Waals surface area contributed by atoms with Gasteiger partial charge in [0, 0.05) is 42.3 Å². The van der Waals surface area contributed by atoms with Crippen molar-refractivity contribution in [2.45, 2.75) is 37.3 Å². The Balaban J connectivity index is 1.71. The molecule has 0 unspecified atom stereocenters. The highest BCUT2D eigenvalue weighted by Crippen LogP contribution is 2.60. The second-order valence-corrected chi connectivity index (χ2v) is 7.50. The van der Waals surface area contributed by atoms with Gasteiger partial charge in [0.05, 0.1) is 0 Å². The zero-order chi connectivity index (χ0) is 14.9. The largest absolute Gasteiger partial charge is 0.396 e. The maximum atomic E-state index is 10.2. The lowest BCUT2D eigenvalue weighted by atomic mass is 9.56. The molecule has 3 aliphatic heterocycles. The molecule has 116 valence electrons. The maximum absolute atomic E-state index is 10.2. The van der Waals surface area contributed by atoms with Gasteiger partial charge in [-0.2, -0.15) is 0 Å². The molecular formula is C19H24N2O. The molecule has 1 aliphatic carbocycles. The van der Waals surface area contributed by atoms with Gasteiger partial charge in [-0.1, -0.05) is 29.8 Å². The van der Waals surface area contributed by atoms with Gasteiger partial charge in [-0.05, 0) is 43.9 Å². The van der Waals surface area contributed by atoms with Gasteiger partial charge in [0.1, 0.15) is 0 Å². The van der Waals surface area contributed by atoms with Gasteiger partial charge < -0.3 is 10.4 Å². The van der Waals surface area contributed by atoms with E-state index in [4.69, 9.17) is 0 Å². The number of aliphatic hydroxyl groups is 1. The van der Waals surface area contributed by atoms with E-state index in [2.05, 4.69) is 47.5 Å². The number of piperidine rings is 1. The minimum Gasteiger partial charge on any atom is -0.396 e. The smallest absolute Gasteiger partial charge is 0.0484 e. The molecule has 0 amide bonds. The molecule has 2 bridgehead atoms. The van der Waals surface area contributed by atoms with Crippen molar-refractivity contribution in [1.29, 1.82) is 0 Å². The Morgan fingerprint density at radius 1 is 1.41 bits per heavy atom. The minimum absolute atomic E-state index is 0.222. The van der Waals surface area contributed by atoms with Crippen LogP contribution < -0.4 is 5.32 Å². The minimum atomic E-state index is 0.222. The van der Waals surface area contributed by atoms with Crippen molar-refractivity contribution in [3.05, 3.63) is 41.5 Å². The van der Waals surface area contributed by atoms with Crippen LogP contribution >= 0.6 is 0 Å². The summed E-state index contributed by atoms with van der Waals surface area (Å²) >= 11 is 0. The van der Waals surface area contributed by atoms with Gasteiger partial charge in [-0.3, -0.25) is 4.90 Å². The zero-order valence-corrected chi connectivity index (χ0v) is 13.1.